The van der Waals surface area contributed by atoms with E-state index in [1.165, 1.54) is 7.11 Å². The summed E-state index contributed by atoms with van der Waals surface area (Å²) >= 11 is 3.32. The molecule has 0 radical (unpaired) electrons. The van der Waals surface area contributed by atoms with Crippen molar-refractivity contribution in [2.75, 3.05) is 7.11 Å². The normalized spacial score (nSPS) is 11.2. The highest BCUT2D eigenvalue weighted by Gasteiger charge is 2.07. The molecule has 0 unspecified atom stereocenters. The molecule has 0 saturated heterocycles. The summed E-state index contributed by atoms with van der Waals surface area (Å²) in [5, 5.41) is 11.7. The fraction of sp³-hybridized carbons (Fsp3) is 0.143. The van der Waals surface area contributed by atoms with Gasteiger partial charge in [-0.25, -0.2) is 0 Å². The van der Waals surface area contributed by atoms with Gasteiger partial charge >= 0.3 is 0 Å². The van der Waals surface area contributed by atoms with Crippen molar-refractivity contribution in [3.8, 4) is 11.5 Å². The van der Waals surface area contributed by atoms with Crippen LogP contribution < -0.4 is 15.2 Å². The van der Waals surface area contributed by atoms with Crippen LogP contribution in [0.5, 0.6) is 11.5 Å². The van der Waals surface area contributed by atoms with Gasteiger partial charge in [0.25, 0.3) is 0 Å². The third-order valence-electron chi connectivity index (χ3n) is 2.69. The zero-order valence-electron chi connectivity index (χ0n) is 11.3. The quantitative estimate of drug-likeness (QED) is 0.374. The van der Waals surface area contributed by atoms with Crippen LogP contribution in [0.4, 0.5) is 0 Å². The number of pyridine rings is 1. The lowest BCUT2D eigenvalue weighted by Gasteiger charge is -2.10. The molecule has 2 rings (SSSR count). The number of rotatable bonds is 5. The van der Waals surface area contributed by atoms with Crippen LogP contribution >= 0.6 is 15.9 Å². The molecular formula is C14H14BrN3O3. The molecule has 7 heteroatoms. The average Bonchev–Trinajstić information content (AvgIpc) is 2.53. The molecule has 1 aromatic carbocycles. The van der Waals surface area contributed by atoms with Crippen molar-refractivity contribution in [3.63, 3.8) is 0 Å². The maximum atomic E-state index is 8.74. The minimum absolute atomic E-state index is 0.0134. The summed E-state index contributed by atoms with van der Waals surface area (Å²) < 4.78 is 11.7. The zero-order valence-corrected chi connectivity index (χ0v) is 12.9. The molecule has 1 heterocycles. The molecule has 0 amide bonds. The lowest BCUT2D eigenvalue weighted by molar-refractivity contribution is 0.298. The maximum absolute atomic E-state index is 8.74. The fourth-order valence-corrected chi connectivity index (χ4v) is 1.86. The Morgan fingerprint density at radius 1 is 1.33 bits per heavy atom. The third kappa shape index (κ3) is 4.09. The third-order valence-corrected chi connectivity index (χ3v) is 3.16. The molecule has 1 aromatic heterocycles. The van der Waals surface area contributed by atoms with E-state index < -0.39 is 0 Å². The second-order valence-electron chi connectivity index (χ2n) is 4.14. The SMILES string of the molecule is COc1cc(OCc2ccc(Br)cn2)cc(/C(N)=N/O)c1. The number of hydrogen-bond donors (Lipinski definition) is 2. The summed E-state index contributed by atoms with van der Waals surface area (Å²) in [6.45, 7) is 0.302. The van der Waals surface area contributed by atoms with Gasteiger partial charge < -0.3 is 20.4 Å². The van der Waals surface area contributed by atoms with Crippen LogP contribution in [0.15, 0.2) is 46.2 Å². The molecule has 6 nitrogen and oxygen atoms in total. The number of nitrogens with two attached hydrogens (primary N) is 1. The Morgan fingerprint density at radius 2 is 2.10 bits per heavy atom. The minimum atomic E-state index is -0.0134. The summed E-state index contributed by atoms with van der Waals surface area (Å²) in [7, 11) is 1.53. The lowest BCUT2D eigenvalue weighted by Crippen LogP contribution is -2.13. The van der Waals surface area contributed by atoms with E-state index in [1.807, 2.05) is 12.1 Å². The Balaban J connectivity index is 2.17. The van der Waals surface area contributed by atoms with Crippen molar-refractivity contribution in [1.82, 2.24) is 4.98 Å². The van der Waals surface area contributed by atoms with Crippen LogP contribution in [0.25, 0.3) is 0 Å². The predicted octanol–water partition coefficient (Wildman–Crippen LogP) is 2.53. The van der Waals surface area contributed by atoms with Gasteiger partial charge in [0, 0.05) is 22.3 Å². The predicted molar refractivity (Wildman–Crippen MR) is 81.8 cm³/mol. The number of ether oxygens (including phenoxy) is 2. The molecule has 0 aliphatic rings. The molecule has 0 atom stereocenters. The van der Waals surface area contributed by atoms with E-state index in [0.717, 1.165) is 10.2 Å². The first-order valence-electron chi connectivity index (χ1n) is 6.02. The summed E-state index contributed by atoms with van der Waals surface area (Å²) in [6.07, 6.45) is 1.70. The molecular weight excluding hydrogens is 338 g/mol. The Morgan fingerprint density at radius 3 is 2.71 bits per heavy atom. The number of oxime groups is 1. The van der Waals surface area contributed by atoms with Crippen molar-refractivity contribution in [3.05, 3.63) is 52.3 Å². The molecule has 2 aromatic rings. The topological polar surface area (TPSA) is 90.0 Å². The molecule has 3 N–H and O–H groups in total. The first-order chi connectivity index (χ1) is 10.1. The van der Waals surface area contributed by atoms with Gasteiger partial charge in [-0.1, -0.05) is 5.16 Å². The zero-order chi connectivity index (χ0) is 15.2. The molecule has 0 saturated carbocycles. The second-order valence-corrected chi connectivity index (χ2v) is 5.05. The maximum Gasteiger partial charge on any atom is 0.170 e. The van der Waals surface area contributed by atoms with Crippen molar-refractivity contribution in [2.45, 2.75) is 6.61 Å². The highest BCUT2D eigenvalue weighted by atomic mass is 79.9. The van der Waals surface area contributed by atoms with Crippen molar-refractivity contribution >= 4 is 21.8 Å². The second kappa shape index (κ2) is 6.94. The number of hydrogen-bond acceptors (Lipinski definition) is 5. The van der Waals surface area contributed by atoms with E-state index in [-0.39, 0.29) is 5.84 Å². The standard InChI is InChI=1S/C14H14BrN3O3/c1-20-12-4-9(14(16)18-19)5-13(6-12)21-8-11-3-2-10(15)7-17-11/h2-7,19H,8H2,1H3,(H2,16,18). The molecule has 0 bridgehead atoms. The summed E-state index contributed by atoms with van der Waals surface area (Å²) in [4.78, 5) is 4.22. The van der Waals surface area contributed by atoms with Crippen molar-refractivity contribution in [2.24, 2.45) is 10.9 Å². The smallest absolute Gasteiger partial charge is 0.170 e. The Bertz CT molecular complexity index is 644. The van der Waals surface area contributed by atoms with E-state index in [0.29, 0.717) is 23.7 Å². The number of benzene rings is 1. The molecule has 0 fully saturated rings. The van der Waals surface area contributed by atoms with Crippen molar-refractivity contribution in [1.29, 1.82) is 0 Å². The largest absolute Gasteiger partial charge is 0.497 e. The number of amidine groups is 1. The van der Waals surface area contributed by atoms with Gasteiger partial charge in [-0.2, -0.15) is 0 Å². The summed E-state index contributed by atoms with van der Waals surface area (Å²) in [5.74, 6) is 1.08. The van der Waals surface area contributed by atoms with Gasteiger partial charge in [0.2, 0.25) is 0 Å². The molecule has 21 heavy (non-hydrogen) atoms. The first-order valence-corrected chi connectivity index (χ1v) is 6.82. The van der Waals surface area contributed by atoms with Crippen LogP contribution in [-0.4, -0.2) is 23.1 Å². The van der Waals surface area contributed by atoms with Gasteiger partial charge in [-0.15, -0.1) is 0 Å². The highest BCUT2D eigenvalue weighted by Crippen LogP contribution is 2.23. The van der Waals surface area contributed by atoms with Gasteiger partial charge in [0.1, 0.15) is 18.1 Å². The van der Waals surface area contributed by atoms with Crippen LogP contribution in [0.3, 0.4) is 0 Å². The first kappa shape index (κ1) is 15.1. The van der Waals surface area contributed by atoms with E-state index >= 15 is 0 Å². The monoisotopic (exact) mass is 351 g/mol. The molecule has 0 aliphatic carbocycles. The number of methoxy groups -OCH3 is 1. The average molecular weight is 352 g/mol. The highest BCUT2D eigenvalue weighted by molar-refractivity contribution is 9.10. The molecule has 0 aliphatic heterocycles. The van der Waals surface area contributed by atoms with Gasteiger partial charge in [-0.3, -0.25) is 4.98 Å². The lowest BCUT2D eigenvalue weighted by atomic mass is 10.2. The van der Waals surface area contributed by atoms with Crippen LogP contribution in [-0.2, 0) is 6.61 Å². The van der Waals surface area contributed by atoms with Crippen LogP contribution in [0.1, 0.15) is 11.3 Å². The number of aromatic nitrogens is 1. The van der Waals surface area contributed by atoms with Crippen LogP contribution in [0, 0.1) is 0 Å². The van der Waals surface area contributed by atoms with E-state index in [4.69, 9.17) is 20.4 Å². The molecule has 110 valence electrons. The summed E-state index contributed by atoms with van der Waals surface area (Å²) in [5.41, 5.74) is 6.88. The van der Waals surface area contributed by atoms with E-state index in [9.17, 15) is 0 Å². The van der Waals surface area contributed by atoms with Crippen LogP contribution in [0.2, 0.25) is 0 Å². The van der Waals surface area contributed by atoms with Gasteiger partial charge in [-0.05, 0) is 40.2 Å². The Labute approximate surface area is 130 Å². The number of halogens is 1. The van der Waals surface area contributed by atoms with Gasteiger partial charge in [0.05, 0.1) is 12.8 Å². The Hall–Kier alpha value is -2.28. The molecule has 0 spiro atoms. The Kier molecular flexibility index (Phi) is 4.99. The van der Waals surface area contributed by atoms with Crippen molar-refractivity contribution < 1.29 is 14.7 Å². The number of nitrogens with zero attached hydrogens (tertiary/aromatic N) is 2. The van der Waals surface area contributed by atoms with E-state index in [2.05, 4.69) is 26.1 Å². The van der Waals surface area contributed by atoms with E-state index in [1.54, 1.807) is 24.4 Å². The fourth-order valence-electron chi connectivity index (χ4n) is 1.63. The summed E-state index contributed by atoms with van der Waals surface area (Å²) in [6, 6.07) is 8.77. The van der Waals surface area contributed by atoms with Gasteiger partial charge in [0.15, 0.2) is 5.84 Å². The minimum Gasteiger partial charge on any atom is -0.497 e.